The molecular weight excluding hydrogens is 354 g/mol. The third-order valence-corrected chi connectivity index (χ3v) is 5.79. The van der Waals surface area contributed by atoms with Crippen LogP contribution in [0.4, 0.5) is 0 Å². The van der Waals surface area contributed by atoms with Crippen molar-refractivity contribution in [2.75, 3.05) is 20.3 Å². The zero-order chi connectivity index (χ0) is 18.5. The predicted molar refractivity (Wildman–Crippen MR) is 99.4 cm³/mol. The molecule has 2 aliphatic rings. The molecule has 1 aliphatic heterocycles. The van der Waals surface area contributed by atoms with Crippen LogP contribution >= 0.6 is 11.6 Å². The molecule has 5 nitrogen and oxygen atoms in total. The average molecular weight is 380 g/mol. The average Bonchev–Trinajstić information content (AvgIpc) is 3.03. The first-order valence-electron chi connectivity index (χ1n) is 9.37. The second-order valence-electron chi connectivity index (χ2n) is 7.13. The van der Waals surface area contributed by atoms with Crippen molar-refractivity contribution in [3.63, 3.8) is 0 Å². The molecule has 2 fully saturated rings. The standard InChI is InChI=1S/C20H26ClNO4/c1-25-19(23)13-26-17-8-7-14(18(21)12-17)11-15-9-10-22(20(15)24)16-5-3-2-4-6-16/h7-8,12,15-16H,2-6,9-11,13H2,1H3. The lowest BCUT2D eigenvalue weighted by atomic mass is 9.94. The first kappa shape index (κ1) is 19.0. The molecule has 1 unspecified atom stereocenters. The summed E-state index contributed by atoms with van der Waals surface area (Å²) in [6.45, 7) is 0.718. The quantitative estimate of drug-likeness (QED) is 0.708. The van der Waals surface area contributed by atoms with Crippen molar-refractivity contribution in [2.45, 2.75) is 51.0 Å². The lowest BCUT2D eigenvalue weighted by molar-refractivity contribution is -0.143. The van der Waals surface area contributed by atoms with Crippen molar-refractivity contribution in [2.24, 2.45) is 5.92 Å². The number of ether oxygens (including phenoxy) is 2. The van der Waals surface area contributed by atoms with Crippen molar-refractivity contribution in [1.82, 2.24) is 4.90 Å². The third-order valence-electron chi connectivity index (χ3n) is 5.44. The molecule has 1 aromatic rings. The highest BCUT2D eigenvalue weighted by molar-refractivity contribution is 6.31. The number of hydrogen-bond acceptors (Lipinski definition) is 4. The van der Waals surface area contributed by atoms with E-state index in [-0.39, 0.29) is 18.4 Å². The number of benzene rings is 1. The maximum absolute atomic E-state index is 12.8. The fourth-order valence-electron chi connectivity index (χ4n) is 3.96. The van der Waals surface area contributed by atoms with E-state index in [1.165, 1.54) is 26.4 Å². The lowest BCUT2D eigenvalue weighted by Crippen LogP contribution is -2.39. The summed E-state index contributed by atoms with van der Waals surface area (Å²) in [6.07, 6.45) is 7.60. The normalized spacial score (nSPS) is 21.1. The molecule has 1 aliphatic carbocycles. The molecule has 1 amide bonds. The summed E-state index contributed by atoms with van der Waals surface area (Å²) >= 11 is 6.37. The third kappa shape index (κ3) is 4.50. The number of hydrogen-bond donors (Lipinski definition) is 0. The van der Waals surface area contributed by atoms with Crippen molar-refractivity contribution < 1.29 is 19.1 Å². The lowest BCUT2D eigenvalue weighted by Gasteiger charge is -2.31. The van der Waals surface area contributed by atoms with E-state index in [9.17, 15) is 9.59 Å². The zero-order valence-corrected chi connectivity index (χ0v) is 16.0. The zero-order valence-electron chi connectivity index (χ0n) is 15.2. The molecule has 0 N–H and O–H groups in total. The molecule has 26 heavy (non-hydrogen) atoms. The maximum Gasteiger partial charge on any atom is 0.343 e. The summed E-state index contributed by atoms with van der Waals surface area (Å²) in [7, 11) is 1.32. The van der Waals surface area contributed by atoms with Crippen LogP contribution in [0.1, 0.15) is 44.1 Å². The highest BCUT2D eigenvalue weighted by Gasteiger charge is 2.36. The van der Waals surface area contributed by atoms with Crippen molar-refractivity contribution >= 4 is 23.5 Å². The minimum Gasteiger partial charge on any atom is -0.482 e. The summed E-state index contributed by atoms with van der Waals surface area (Å²) in [6, 6.07) is 5.79. The van der Waals surface area contributed by atoms with Crippen molar-refractivity contribution in [1.29, 1.82) is 0 Å². The van der Waals surface area contributed by atoms with Crippen LogP contribution in [-0.4, -0.2) is 43.1 Å². The predicted octanol–water partition coefficient (Wildman–Crippen LogP) is 3.62. The summed E-state index contributed by atoms with van der Waals surface area (Å²) in [5.74, 6) is 0.366. The van der Waals surface area contributed by atoms with Gasteiger partial charge >= 0.3 is 5.97 Å². The van der Waals surface area contributed by atoms with Gasteiger partial charge in [0.05, 0.1) is 7.11 Å². The molecule has 0 spiro atoms. The summed E-state index contributed by atoms with van der Waals surface area (Å²) in [5.41, 5.74) is 0.945. The number of esters is 1. The van der Waals surface area contributed by atoms with E-state index in [0.29, 0.717) is 23.2 Å². The topological polar surface area (TPSA) is 55.8 Å². The molecular formula is C20H26ClNO4. The fourth-order valence-corrected chi connectivity index (χ4v) is 4.21. The Bertz CT molecular complexity index is 657. The van der Waals surface area contributed by atoms with Crippen molar-refractivity contribution in [3.8, 4) is 5.75 Å². The first-order valence-corrected chi connectivity index (χ1v) is 9.75. The molecule has 0 bridgehead atoms. The van der Waals surface area contributed by atoms with E-state index in [1.807, 2.05) is 6.07 Å². The van der Waals surface area contributed by atoms with Gasteiger partial charge in [-0.2, -0.15) is 0 Å². The Balaban J connectivity index is 1.58. The number of carbonyl (C=O) groups is 2. The van der Waals surface area contributed by atoms with Gasteiger partial charge in [0, 0.05) is 23.5 Å². The van der Waals surface area contributed by atoms with E-state index in [0.717, 1.165) is 31.4 Å². The molecule has 1 heterocycles. The van der Waals surface area contributed by atoms with Crippen LogP contribution in [0.5, 0.6) is 5.75 Å². The molecule has 0 aromatic heterocycles. The number of carbonyl (C=O) groups excluding carboxylic acids is 2. The molecule has 1 aromatic carbocycles. The Morgan fingerprint density at radius 3 is 2.69 bits per heavy atom. The van der Waals surface area contributed by atoms with Crippen LogP contribution in [0, 0.1) is 5.92 Å². The van der Waals surface area contributed by atoms with Gasteiger partial charge in [-0.05, 0) is 43.4 Å². The van der Waals surface area contributed by atoms with Gasteiger partial charge in [-0.3, -0.25) is 4.79 Å². The Kier molecular flexibility index (Phi) is 6.41. The molecule has 0 radical (unpaired) electrons. The van der Waals surface area contributed by atoms with Gasteiger partial charge in [0.25, 0.3) is 0 Å². The Hall–Kier alpha value is -1.75. The van der Waals surface area contributed by atoms with Crippen LogP contribution in [0.15, 0.2) is 18.2 Å². The van der Waals surface area contributed by atoms with Gasteiger partial charge in [0.1, 0.15) is 5.75 Å². The van der Waals surface area contributed by atoms with Crippen molar-refractivity contribution in [3.05, 3.63) is 28.8 Å². The van der Waals surface area contributed by atoms with Gasteiger partial charge in [0.15, 0.2) is 6.61 Å². The number of amides is 1. The number of rotatable bonds is 6. The van der Waals surface area contributed by atoms with Gasteiger partial charge < -0.3 is 14.4 Å². The SMILES string of the molecule is COC(=O)COc1ccc(CC2CCN(C3CCCCC3)C2=O)c(Cl)c1. The maximum atomic E-state index is 12.8. The van der Waals surface area contributed by atoms with Gasteiger partial charge in [-0.15, -0.1) is 0 Å². The van der Waals surface area contributed by atoms with Gasteiger partial charge in [-0.25, -0.2) is 4.79 Å². The smallest absolute Gasteiger partial charge is 0.343 e. The molecule has 3 rings (SSSR count). The number of nitrogens with zero attached hydrogens (tertiary/aromatic N) is 1. The summed E-state index contributed by atoms with van der Waals surface area (Å²) in [4.78, 5) is 26.0. The summed E-state index contributed by atoms with van der Waals surface area (Å²) < 4.78 is 9.90. The fraction of sp³-hybridized carbons (Fsp3) is 0.600. The molecule has 1 saturated heterocycles. The second-order valence-corrected chi connectivity index (χ2v) is 7.54. The van der Waals surface area contributed by atoms with E-state index in [1.54, 1.807) is 12.1 Å². The highest BCUT2D eigenvalue weighted by atomic mass is 35.5. The summed E-state index contributed by atoms with van der Waals surface area (Å²) in [5, 5.41) is 0.566. The van der Waals surface area contributed by atoms with E-state index in [2.05, 4.69) is 9.64 Å². The minimum atomic E-state index is -0.440. The molecule has 1 atom stereocenters. The number of halogens is 1. The first-order chi connectivity index (χ1) is 12.6. The van der Waals surface area contributed by atoms with E-state index < -0.39 is 5.97 Å². The molecule has 142 valence electrons. The number of methoxy groups -OCH3 is 1. The second kappa shape index (κ2) is 8.76. The Morgan fingerprint density at radius 1 is 1.23 bits per heavy atom. The largest absolute Gasteiger partial charge is 0.482 e. The van der Waals surface area contributed by atoms with Crippen LogP contribution < -0.4 is 4.74 Å². The molecule has 1 saturated carbocycles. The Labute approximate surface area is 159 Å². The monoisotopic (exact) mass is 379 g/mol. The molecule has 6 heteroatoms. The minimum absolute atomic E-state index is 0.0104. The number of likely N-dealkylation sites (tertiary alicyclic amines) is 1. The van der Waals surface area contributed by atoms with E-state index >= 15 is 0 Å². The van der Waals surface area contributed by atoms with Gasteiger partial charge in [0.2, 0.25) is 5.91 Å². The van der Waals surface area contributed by atoms with Crippen LogP contribution in [0.3, 0.4) is 0 Å². The van der Waals surface area contributed by atoms with Crippen LogP contribution in [0.25, 0.3) is 0 Å². The highest BCUT2D eigenvalue weighted by Crippen LogP contribution is 2.32. The Morgan fingerprint density at radius 2 is 2.00 bits per heavy atom. The van der Waals surface area contributed by atoms with E-state index in [4.69, 9.17) is 16.3 Å². The van der Waals surface area contributed by atoms with Crippen LogP contribution in [-0.2, 0) is 20.7 Å². The van der Waals surface area contributed by atoms with Crippen LogP contribution in [0.2, 0.25) is 5.02 Å². The van der Waals surface area contributed by atoms with Gasteiger partial charge in [-0.1, -0.05) is 36.9 Å².